The van der Waals surface area contributed by atoms with Gasteiger partial charge in [-0.05, 0) is 17.2 Å². The van der Waals surface area contributed by atoms with Crippen LogP contribution in [0, 0.1) is 0 Å². The summed E-state index contributed by atoms with van der Waals surface area (Å²) in [5, 5.41) is 0. The van der Waals surface area contributed by atoms with Gasteiger partial charge in [0.2, 0.25) is 0 Å². The van der Waals surface area contributed by atoms with Crippen molar-refractivity contribution in [3.8, 4) is 0 Å². The van der Waals surface area contributed by atoms with Gasteiger partial charge in [-0.25, -0.2) is 0 Å². The first-order valence-corrected chi connectivity index (χ1v) is 8.36. The smallest absolute Gasteiger partial charge is 0.320 e. The maximum absolute atomic E-state index is 13.7. The lowest BCUT2D eigenvalue weighted by Gasteiger charge is -2.18. The predicted octanol–water partition coefficient (Wildman–Crippen LogP) is 4.64. The average Bonchev–Trinajstić information content (AvgIpc) is 2.52. The minimum absolute atomic E-state index is 0.424. The summed E-state index contributed by atoms with van der Waals surface area (Å²) in [6.07, 6.45) is 6.86. The molecule has 0 fully saturated rings. The maximum Gasteiger partial charge on any atom is 0.399 e. The fourth-order valence-corrected chi connectivity index (χ4v) is 2.37. The summed E-state index contributed by atoms with van der Waals surface area (Å²) in [5.41, 5.74) is -3.48. The number of hydrogen-bond acceptors (Lipinski definition) is 1. The SMILES string of the molecule is O=P(O)(O)C(F)(F)c1cccc(/C=C/C=C/c2ccccc2)c1. The van der Waals surface area contributed by atoms with Crippen LogP contribution in [0.2, 0.25) is 0 Å². The Kier molecular flexibility index (Phi) is 5.26. The normalized spacial score (nSPS) is 13.0. The minimum Gasteiger partial charge on any atom is -0.320 e. The van der Waals surface area contributed by atoms with Crippen molar-refractivity contribution >= 4 is 19.7 Å². The highest BCUT2D eigenvalue weighted by molar-refractivity contribution is 7.52. The molecule has 0 aliphatic carbocycles. The second-order valence-corrected chi connectivity index (χ2v) is 6.49. The molecule has 0 amide bonds. The van der Waals surface area contributed by atoms with Crippen molar-refractivity contribution in [2.75, 3.05) is 0 Å². The Labute approximate surface area is 132 Å². The lowest BCUT2D eigenvalue weighted by Crippen LogP contribution is -2.13. The Morgan fingerprint density at radius 1 is 0.870 bits per heavy atom. The summed E-state index contributed by atoms with van der Waals surface area (Å²) in [4.78, 5) is 17.5. The van der Waals surface area contributed by atoms with E-state index < -0.39 is 18.8 Å². The van der Waals surface area contributed by atoms with Gasteiger partial charge in [-0.15, -0.1) is 0 Å². The molecule has 23 heavy (non-hydrogen) atoms. The Morgan fingerprint density at radius 3 is 2.04 bits per heavy atom. The Balaban J connectivity index is 2.16. The number of rotatable bonds is 5. The van der Waals surface area contributed by atoms with E-state index in [2.05, 4.69) is 0 Å². The van der Waals surface area contributed by atoms with E-state index in [0.717, 1.165) is 17.7 Å². The zero-order valence-electron chi connectivity index (χ0n) is 12.0. The van der Waals surface area contributed by atoms with Crippen LogP contribution in [0.4, 0.5) is 8.78 Å². The van der Waals surface area contributed by atoms with Gasteiger partial charge in [0.1, 0.15) is 0 Å². The van der Waals surface area contributed by atoms with E-state index in [0.29, 0.717) is 5.56 Å². The molecule has 2 aromatic carbocycles. The van der Waals surface area contributed by atoms with E-state index in [9.17, 15) is 13.3 Å². The third-order valence-corrected chi connectivity index (χ3v) is 4.08. The first kappa shape index (κ1) is 17.3. The first-order chi connectivity index (χ1) is 10.8. The van der Waals surface area contributed by atoms with Crippen molar-refractivity contribution in [3.63, 3.8) is 0 Å². The molecule has 120 valence electrons. The number of hydrogen-bond donors (Lipinski definition) is 2. The van der Waals surface area contributed by atoms with E-state index >= 15 is 0 Å². The quantitative estimate of drug-likeness (QED) is 0.618. The number of halogens is 2. The van der Waals surface area contributed by atoms with Gasteiger partial charge in [-0.2, -0.15) is 8.78 Å². The van der Waals surface area contributed by atoms with E-state index in [-0.39, 0.29) is 0 Å². The predicted molar refractivity (Wildman–Crippen MR) is 86.9 cm³/mol. The number of alkyl halides is 2. The third-order valence-electron chi connectivity index (χ3n) is 3.09. The van der Waals surface area contributed by atoms with Crippen LogP contribution in [0.1, 0.15) is 16.7 Å². The zero-order chi connectivity index (χ0) is 16.9. The van der Waals surface area contributed by atoms with Gasteiger partial charge in [0.25, 0.3) is 0 Å². The molecular weight excluding hydrogens is 321 g/mol. The summed E-state index contributed by atoms with van der Waals surface area (Å²) in [5.74, 6) is 0. The van der Waals surface area contributed by atoms with E-state index in [1.165, 1.54) is 6.07 Å². The summed E-state index contributed by atoms with van der Waals surface area (Å²) in [6, 6.07) is 14.5. The van der Waals surface area contributed by atoms with Crippen LogP contribution in [-0.2, 0) is 10.2 Å². The van der Waals surface area contributed by atoms with Crippen LogP contribution >= 0.6 is 7.60 Å². The summed E-state index contributed by atoms with van der Waals surface area (Å²) in [6.45, 7) is 0. The molecule has 0 bridgehead atoms. The van der Waals surface area contributed by atoms with E-state index in [4.69, 9.17) is 9.79 Å². The molecule has 2 rings (SSSR count). The van der Waals surface area contributed by atoms with Gasteiger partial charge in [0.05, 0.1) is 0 Å². The second-order valence-electron chi connectivity index (χ2n) is 4.84. The van der Waals surface area contributed by atoms with Crippen molar-refractivity contribution in [1.29, 1.82) is 0 Å². The molecule has 0 radical (unpaired) electrons. The molecule has 2 aromatic rings. The largest absolute Gasteiger partial charge is 0.399 e. The van der Waals surface area contributed by atoms with Gasteiger partial charge in [-0.1, -0.05) is 72.8 Å². The van der Waals surface area contributed by atoms with E-state index in [1.54, 1.807) is 24.3 Å². The molecule has 3 nitrogen and oxygen atoms in total. The molecule has 0 aliphatic rings. The molecule has 0 unspecified atom stereocenters. The zero-order valence-corrected chi connectivity index (χ0v) is 12.9. The fourth-order valence-electron chi connectivity index (χ4n) is 1.90. The van der Waals surface area contributed by atoms with Crippen molar-refractivity contribution in [2.24, 2.45) is 0 Å². The number of benzene rings is 2. The molecular formula is C17H15F2O3P. The van der Waals surface area contributed by atoms with Gasteiger partial charge < -0.3 is 9.79 Å². The first-order valence-electron chi connectivity index (χ1n) is 6.74. The van der Waals surface area contributed by atoms with Crippen LogP contribution in [-0.4, -0.2) is 9.79 Å². The van der Waals surface area contributed by atoms with Crippen LogP contribution < -0.4 is 0 Å². The van der Waals surface area contributed by atoms with Crippen LogP contribution in [0.5, 0.6) is 0 Å². The molecule has 0 saturated carbocycles. The van der Waals surface area contributed by atoms with Gasteiger partial charge in [0.15, 0.2) is 0 Å². The van der Waals surface area contributed by atoms with E-state index in [1.807, 2.05) is 36.4 Å². The van der Waals surface area contributed by atoms with Crippen molar-refractivity contribution < 1.29 is 23.1 Å². The highest BCUT2D eigenvalue weighted by Gasteiger charge is 2.50. The maximum atomic E-state index is 13.7. The molecule has 0 saturated heterocycles. The molecule has 0 heterocycles. The second kappa shape index (κ2) is 7.01. The fraction of sp³-hybridized carbons (Fsp3) is 0.0588. The topological polar surface area (TPSA) is 57.5 Å². The van der Waals surface area contributed by atoms with Gasteiger partial charge in [-0.3, -0.25) is 4.57 Å². The van der Waals surface area contributed by atoms with Crippen molar-refractivity contribution in [3.05, 3.63) is 83.4 Å². The highest BCUT2D eigenvalue weighted by atomic mass is 31.2. The van der Waals surface area contributed by atoms with Gasteiger partial charge in [0, 0.05) is 5.56 Å². The van der Waals surface area contributed by atoms with Crippen molar-refractivity contribution in [1.82, 2.24) is 0 Å². The van der Waals surface area contributed by atoms with Crippen LogP contribution in [0.25, 0.3) is 12.2 Å². The minimum atomic E-state index is -5.55. The lowest BCUT2D eigenvalue weighted by atomic mass is 10.1. The van der Waals surface area contributed by atoms with Crippen LogP contribution in [0.15, 0.2) is 66.7 Å². The summed E-state index contributed by atoms with van der Waals surface area (Å²) < 4.78 is 38.2. The lowest BCUT2D eigenvalue weighted by molar-refractivity contribution is 0.0564. The molecule has 0 aromatic heterocycles. The molecule has 0 atom stereocenters. The molecule has 2 N–H and O–H groups in total. The Hall–Kier alpha value is -2.07. The molecule has 0 aliphatic heterocycles. The highest BCUT2D eigenvalue weighted by Crippen LogP contribution is 2.59. The Bertz CT molecular complexity index is 764. The standard InChI is InChI=1S/C17H15F2O3P/c18-17(19,23(20,21)22)16-12-6-11-15(13-16)10-5-4-9-14-7-2-1-3-8-14/h1-13H,(H2,20,21,22)/b9-4+,10-5+. The third kappa shape index (κ3) is 4.45. The van der Waals surface area contributed by atoms with Crippen molar-refractivity contribution in [2.45, 2.75) is 5.66 Å². The summed E-state index contributed by atoms with van der Waals surface area (Å²) >= 11 is 0. The number of allylic oxidation sites excluding steroid dienone is 2. The van der Waals surface area contributed by atoms with Gasteiger partial charge >= 0.3 is 13.3 Å². The Morgan fingerprint density at radius 2 is 1.43 bits per heavy atom. The summed E-state index contributed by atoms with van der Waals surface area (Å²) in [7, 11) is -5.55. The monoisotopic (exact) mass is 336 g/mol. The van der Waals surface area contributed by atoms with Crippen LogP contribution in [0.3, 0.4) is 0 Å². The molecule has 6 heteroatoms. The molecule has 0 spiro atoms. The average molecular weight is 336 g/mol.